The van der Waals surface area contributed by atoms with Gasteiger partial charge >= 0.3 is 0 Å². The van der Waals surface area contributed by atoms with E-state index in [1.54, 1.807) is 0 Å². The zero-order valence-corrected chi connectivity index (χ0v) is 15.5. The molecular weight excluding hydrogens is 279 g/mol. The van der Waals surface area contributed by atoms with Gasteiger partial charge in [-0.25, -0.2) is 4.39 Å². The van der Waals surface area contributed by atoms with Crippen molar-refractivity contribution in [2.75, 3.05) is 0 Å². The monoisotopic (exact) mass is 308 g/mol. The van der Waals surface area contributed by atoms with Crippen molar-refractivity contribution in [1.82, 2.24) is 0 Å². The molecule has 118 valence electrons. The third-order valence-corrected chi connectivity index (χ3v) is 8.89. The molecule has 0 fully saturated rings. The first-order valence-corrected chi connectivity index (χ1v) is 10.6. The summed E-state index contributed by atoms with van der Waals surface area (Å²) in [6, 6.07) is 5.58. The van der Waals surface area contributed by atoms with E-state index < -0.39 is 8.32 Å². The molecule has 0 spiro atoms. The van der Waals surface area contributed by atoms with E-state index in [2.05, 4.69) is 46.9 Å². The van der Waals surface area contributed by atoms with E-state index in [9.17, 15) is 4.39 Å². The molecule has 0 saturated carbocycles. The van der Waals surface area contributed by atoms with Gasteiger partial charge < -0.3 is 4.43 Å². The summed E-state index contributed by atoms with van der Waals surface area (Å²) in [7, 11) is -1.85. The van der Waals surface area contributed by atoms with Crippen molar-refractivity contribution in [1.29, 1.82) is 0 Å². The summed E-state index contributed by atoms with van der Waals surface area (Å²) < 4.78 is 20.7. The molecule has 0 bridgehead atoms. The second kappa shape index (κ2) is 6.88. The highest BCUT2D eigenvalue weighted by molar-refractivity contribution is 6.74. The minimum atomic E-state index is -1.85. The predicted molar refractivity (Wildman–Crippen MR) is 92.3 cm³/mol. The smallest absolute Gasteiger partial charge is 0.192 e. The summed E-state index contributed by atoms with van der Waals surface area (Å²) in [5, 5.41) is 0.138. The van der Waals surface area contributed by atoms with Crippen LogP contribution in [0.15, 0.2) is 24.3 Å². The van der Waals surface area contributed by atoms with Gasteiger partial charge in [-0.15, -0.1) is 0 Å². The molecule has 0 radical (unpaired) electrons. The third kappa shape index (κ3) is 4.52. The van der Waals surface area contributed by atoms with Gasteiger partial charge in [0, 0.05) is 11.1 Å². The number of rotatable bonds is 5. The van der Waals surface area contributed by atoms with Crippen LogP contribution in [0.3, 0.4) is 0 Å². The van der Waals surface area contributed by atoms with Crippen molar-refractivity contribution >= 4 is 13.9 Å². The van der Waals surface area contributed by atoms with Gasteiger partial charge in [0.1, 0.15) is 5.82 Å². The van der Waals surface area contributed by atoms with Crippen LogP contribution in [0, 0.1) is 5.82 Å². The SMILES string of the molecule is CC/C=C(\C)c1cccc(CO[Si](C)(C)C(C)(C)C)c1F. The lowest BCUT2D eigenvalue weighted by atomic mass is 10.0. The standard InChI is InChI=1S/C18H29FOSi/c1-8-10-14(2)16-12-9-11-15(17(16)19)13-20-21(6,7)18(3,4)5/h9-12H,8,13H2,1-7H3/b14-10+. The highest BCUT2D eigenvalue weighted by Crippen LogP contribution is 2.37. The molecule has 21 heavy (non-hydrogen) atoms. The fourth-order valence-corrected chi connectivity index (χ4v) is 2.84. The first-order valence-electron chi connectivity index (χ1n) is 7.68. The zero-order chi connectivity index (χ0) is 16.3. The van der Waals surface area contributed by atoms with Crippen LogP contribution in [-0.2, 0) is 11.0 Å². The molecule has 0 heterocycles. The Morgan fingerprint density at radius 2 is 1.90 bits per heavy atom. The van der Waals surface area contributed by atoms with E-state index in [4.69, 9.17) is 4.43 Å². The molecular formula is C18H29FOSi. The lowest BCUT2D eigenvalue weighted by molar-refractivity contribution is 0.271. The maximum Gasteiger partial charge on any atom is 0.192 e. The molecule has 0 unspecified atom stereocenters. The molecule has 3 heteroatoms. The van der Waals surface area contributed by atoms with Crippen LogP contribution < -0.4 is 0 Å². The Labute approximate surface area is 130 Å². The Hall–Kier alpha value is -0.933. The van der Waals surface area contributed by atoms with E-state index in [1.807, 2.05) is 25.1 Å². The van der Waals surface area contributed by atoms with Crippen molar-refractivity contribution in [2.24, 2.45) is 0 Å². The highest BCUT2D eigenvalue weighted by atomic mass is 28.4. The van der Waals surface area contributed by atoms with Crippen molar-refractivity contribution in [2.45, 2.75) is 65.8 Å². The van der Waals surface area contributed by atoms with Gasteiger partial charge in [0.25, 0.3) is 0 Å². The summed E-state index contributed by atoms with van der Waals surface area (Å²) in [5.41, 5.74) is 2.33. The molecule has 0 aliphatic heterocycles. The molecule has 1 aromatic rings. The van der Waals surface area contributed by atoms with Crippen LogP contribution in [0.5, 0.6) is 0 Å². The molecule has 0 aromatic heterocycles. The van der Waals surface area contributed by atoms with Crippen LogP contribution >= 0.6 is 0 Å². The van der Waals surface area contributed by atoms with Gasteiger partial charge in [-0.1, -0.05) is 52.0 Å². The summed E-state index contributed by atoms with van der Waals surface area (Å²) in [5.74, 6) is -0.140. The summed E-state index contributed by atoms with van der Waals surface area (Å²) in [6.45, 7) is 15.3. The van der Waals surface area contributed by atoms with E-state index in [1.165, 1.54) is 0 Å². The predicted octanol–water partition coefficient (Wildman–Crippen LogP) is 6.16. The second-order valence-electron chi connectivity index (χ2n) is 7.12. The first kappa shape index (κ1) is 18.1. The summed E-state index contributed by atoms with van der Waals surface area (Å²) in [4.78, 5) is 0. The van der Waals surface area contributed by atoms with Gasteiger partial charge in [-0.05, 0) is 37.0 Å². The van der Waals surface area contributed by atoms with Gasteiger partial charge in [-0.2, -0.15) is 0 Å². The van der Waals surface area contributed by atoms with Gasteiger partial charge in [0.15, 0.2) is 8.32 Å². The Kier molecular flexibility index (Phi) is 5.94. The lowest BCUT2D eigenvalue weighted by Gasteiger charge is -2.36. The second-order valence-corrected chi connectivity index (χ2v) is 11.9. The fraction of sp³-hybridized carbons (Fsp3) is 0.556. The molecule has 0 aliphatic rings. The maximum absolute atomic E-state index is 14.6. The van der Waals surface area contributed by atoms with Crippen LogP contribution in [0.4, 0.5) is 4.39 Å². The lowest BCUT2D eigenvalue weighted by Crippen LogP contribution is -2.40. The topological polar surface area (TPSA) is 9.23 Å². The molecule has 1 aromatic carbocycles. The van der Waals surface area contributed by atoms with Crippen molar-refractivity contribution in [3.63, 3.8) is 0 Å². The molecule has 0 saturated heterocycles. The number of benzene rings is 1. The molecule has 1 rings (SSSR count). The molecule has 0 atom stereocenters. The van der Waals surface area contributed by atoms with Crippen LogP contribution in [-0.4, -0.2) is 8.32 Å². The first-order chi connectivity index (χ1) is 9.60. The minimum Gasteiger partial charge on any atom is -0.412 e. The average molecular weight is 309 g/mol. The van der Waals surface area contributed by atoms with E-state index in [-0.39, 0.29) is 10.9 Å². The van der Waals surface area contributed by atoms with E-state index >= 15 is 0 Å². The van der Waals surface area contributed by atoms with Gasteiger partial charge in [0.05, 0.1) is 6.61 Å². The quantitative estimate of drug-likeness (QED) is 0.592. The Balaban J connectivity index is 2.97. The molecule has 1 nitrogen and oxygen atoms in total. The zero-order valence-electron chi connectivity index (χ0n) is 14.5. The van der Waals surface area contributed by atoms with E-state index in [0.29, 0.717) is 17.7 Å². The van der Waals surface area contributed by atoms with Crippen LogP contribution in [0.25, 0.3) is 5.57 Å². The molecule has 0 N–H and O–H groups in total. The van der Waals surface area contributed by atoms with E-state index in [0.717, 1.165) is 12.0 Å². The number of hydrogen-bond acceptors (Lipinski definition) is 1. The van der Waals surface area contributed by atoms with Crippen LogP contribution in [0.2, 0.25) is 18.1 Å². The fourth-order valence-electron chi connectivity index (χ4n) is 1.89. The minimum absolute atomic E-state index is 0.138. The van der Waals surface area contributed by atoms with Gasteiger partial charge in [-0.3, -0.25) is 0 Å². The summed E-state index contributed by atoms with van der Waals surface area (Å²) in [6.07, 6.45) is 2.97. The Morgan fingerprint density at radius 1 is 1.29 bits per heavy atom. The number of halogens is 1. The maximum atomic E-state index is 14.6. The van der Waals surface area contributed by atoms with Gasteiger partial charge in [0.2, 0.25) is 0 Å². The van der Waals surface area contributed by atoms with Crippen molar-refractivity contribution < 1.29 is 8.82 Å². The largest absolute Gasteiger partial charge is 0.412 e. The van der Waals surface area contributed by atoms with Crippen LogP contribution in [0.1, 0.15) is 52.2 Å². The Bertz CT molecular complexity index is 512. The summed E-state index contributed by atoms with van der Waals surface area (Å²) >= 11 is 0. The molecule has 0 amide bonds. The average Bonchev–Trinajstić information content (AvgIpc) is 2.36. The van der Waals surface area contributed by atoms with Crippen molar-refractivity contribution in [3.8, 4) is 0 Å². The Morgan fingerprint density at radius 3 is 2.43 bits per heavy atom. The molecule has 0 aliphatic carbocycles. The number of allylic oxidation sites excluding steroid dienone is 2. The normalized spacial score (nSPS) is 13.6. The third-order valence-electron chi connectivity index (χ3n) is 4.41. The number of hydrogen-bond donors (Lipinski definition) is 0. The van der Waals surface area contributed by atoms with Crippen molar-refractivity contribution in [3.05, 3.63) is 41.2 Å². The highest BCUT2D eigenvalue weighted by Gasteiger charge is 2.37.